The largest absolute Gasteiger partial charge is 0.490 e. The molecule has 0 bridgehead atoms. The summed E-state index contributed by atoms with van der Waals surface area (Å²) < 4.78 is 10.9. The summed E-state index contributed by atoms with van der Waals surface area (Å²) in [5, 5.41) is 2.47. The summed E-state index contributed by atoms with van der Waals surface area (Å²) >= 11 is 0. The molecule has 0 fully saturated rings. The van der Waals surface area contributed by atoms with Gasteiger partial charge >= 0.3 is 0 Å². The fourth-order valence-electron chi connectivity index (χ4n) is 2.19. The number of amides is 3. The number of aromatic nitrogens is 1. The van der Waals surface area contributed by atoms with Gasteiger partial charge in [0.25, 0.3) is 17.7 Å². The van der Waals surface area contributed by atoms with Gasteiger partial charge in [0.2, 0.25) is 0 Å². The summed E-state index contributed by atoms with van der Waals surface area (Å²) in [5.41, 5.74) is 5.08. The smallest absolute Gasteiger partial charge is 0.271 e. The van der Waals surface area contributed by atoms with Gasteiger partial charge in [-0.25, -0.2) is 0 Å². The lowest BCUT2D eigenvalue weighted by atomic mass is 10.2. The number of nitrogens with one attached hydrogen (secondary N) is 3. The van der Waals surface area contributed by atoms with Crippen LogP contribution in [0.5, 0.6) is 11.5 Å². The average Bonchev–Trinajstić information content (AvgIpc) is 2.72. The minimum absolute atomic E-state index is 0.296. The first kappa shape index (κ1) is 20.7. The lowest BCUT2D eigenvalue weighted by molar-refractivity contribution is -0.120. The van der Waals surface area contributed by atoms with Crippen LogP contribution in [0.2, 0.25) is 0 Å². The zero-order valence-electron chi connectivity index (χ0n) is 15.7. The van der Waals surface area contributed by atoms with Gasteiger partial charge in [0, 0.05) is 18.0 Å². The molecule has 1 aromatic heterocycles. The molecule has 148 valence electrons. The Morgan fingerprint density at radius 2 is 1.68 bits per heavy atom. The Bertz CT molecular complexity index is 826. The van der Waals surface area contributed by atoms with E-state index < -0.39 is 17.7 Å². The average molecular weight is 386 g/mol. The highest BCUT2D eigenvalue weighted by Crippen LogP contribution is 2.28. The van der Waals surface area contributed by atoms with Gasteiger partial charge in [-0.1, -0.05) is 0 Å². The maximum Gasteiger partial charge on any atom is 0.271 e. The molecule has 3 N–H and O–H groups in total. The normalized spacial score (nSPS) is 9.93. The van der Waals surface area contributed by atoms with E-state index in [1.54, 1.807) is 30.3 Å². The Morgan fingerprint density at radius 3 is 2.36 bits per heavy atom. The molecule has 0 saturated heterocycles. The van der Waals surface area contributed by atoms with E-state index in [1.165, 1.54) is 12.4 Å². The summed E-state index contributed by atoms with van der Waals surface area (Å²) in [6, 6.07) is 7.91. The van der Waals surface area contributed by atoms with Crippen molar-refractivity contribution in [2.75, 3.05) is 19.8 Å². The van der Waals surface area contributed by atoms with E-state index in [4.69, 9.17) is 9.47 Å². The Balaban J connectivity index is 1.86. The maximum atomic E-state index is 12.3. The van der Waals surface area contributed by atoms with Crippen LogP contribution in [0.25, 0.3) is 0 Å². The van der Waals surface area contributed by atoms with Crippen LogP contribution in [0, 0.1) is 0 Å². The molecule has 0 atom stereocenters. The Hall–Kier alpha value is -3.62. The molecule has 2 rings (SSSR count). The van der Waals surface area contributed by atoms with Crippen LogP contribution in [0.1, 0.15) is 34.6 Å². The summed E-state index contributed by atoms with van der Waals surface area (Å²) in [6.45, 7) is 4.25. The van der Waals surface area contributed by atoms with E-state index in [1.807, 2.05) is 13.8 Å². The van der Waals surface area contributed by atoms with Crippen LogP contribution in [0.3, 0.4) is 0 Å². The van der Waals surface area contributed by atoms with Gasteiger partial charge in [0.05, 0.1) is 25.3 Å². The molecular formula is C19H22N4O5. The van der Waals surface area contributed by atoms with E-state index in [9.17, 15) is 14.4 Å². The third kappa shape index (κ3) is 5.97. The van der Waals surface area contributed by atoms with Gasteiger partial charge in [0.15, 0.2) is 11.5 Å². The number of hydrogen-bond acceptors (Lipinski definition) is 6. The SMILES string of the molecule is CCOc1ccc(C(=O)NCC(=O)NNC(=O)c2cccnc2)cc1OCC. The zero-order chi connectivity index (χ0) is 20.4. The van der Waals surface area contributed by atoms with Crippen molar-refractivity contribution in [3.63, 3.8) is 0 Å². The molecule has 9 nitrogen and oxygen atoms in total. The first-order valence-corrected chi connectivity index (χ1v) is 8.72. The second-order valence-electron chi connectivity index (χ2n) is 5.45. The topological polar surface area (TPSA) is 119 Å². The standard InChI is InChI=1S/C19H22N4O5/c1-3-27-15-8-7-13(10-16(15)28-4-2)18(25)21-12-17(24)22-23-19(26)14-6-5-9-20-11-14/h5-11H,3-4,12H2,1-2H3,(H,21,25)(H,22,24)(H,23,26). The number of ether oxygens (including phenoxy) is 2. The predicted octanol–water partition coefficient (Wildman–Crippen LogP) is 1.07. The van der Waals surface area contributed by atoms with Gasteiger partial charge in [0.1, 0.15) is 0 Å². The van der Waals surface area contributed by atoms with Crippen molar-refractivity contribution in [2.24, 2.45) is 0 Å². The van der Waals surface area contributed by atoms with Crippen molar-refractivity contribution in [2.45, 2.75) is 13.8 Å². The molecule has 28 heavy (non-hydrogen) atoms. The predicted molar refractivity (Wildman–Crippen MR) is 101 cm³/mol. The molecule has 0 radical (unpaired) electrons. The molecule has 2 aromatic rings. The number of carbonyl (C=O) groups is 3. The van der Waals surface area contributed by atoms with Gasteiger partial charge in [-0.3, -0.25) is 30.2 Å². The van der Waals surface area contributed by atoms with Crippen LogP contribution in [-0.4, -0.2) is 42.5 Å². The molecular weight excluding hydrogens is 364 g/mol. The molecule has 0 aliphatic rings. The van der Waals surface area contributed by atoms with Crippen molar-refractivity contribution in [1.29, 1.82) is 0 Å². The second-order valence-corrected chi connectivity index (χ2v) is 5.45. The van der Waals surface area contributed by atoms with Crippen molar-refractivity contribution in [3.05, 3.63) is 53.9 Å². The fourth-order valence-corrected chi connectivity index (χ4v) is 2.19. The summed E-state index contributed by atoms with van der Waals surface area (Å²) in [5.74, 6) is -0.568. The highest BCUT2D eigenvalue weighted by Gasteiger charge is 2.13. The van der Waals surface area contributed by atoms with E-state index in [2.05, 4.69) is 21.2 Å². The molecule has 0 saturated carbocycles. The molecule has 0 aliphatic carbocycles. The molecule has 3 amide bonds. The number of pyridine rings is 1. The minimum Gasteiger partial charge on any atom is -0.490 e. The second kappa shape index (κ2) is 10.5. The third-order valence-corrected chi connectivity index (χ3v) is 3.45. The number of rotatable bonds is 8. The zero-order valence-corrected chi connectivity index (χ0v) is 15.7. The number of hydrazine groups is 1. The fraction of sp³-hybridized carbons (Fsp3) is 0.263. The van der Waals surface area contributed by atoms with Crippen molar-refractivity contribution in [1.82, 2.24) is 21.2 Å². The highest BCUT2D eigenvalue weighted by molar-refractivity contribution is 5.98. The van der Waals surface area contributed by atoms with Crippen LogP contribution in [-0.2, 0) is 4.79 Å². The molecule has 9 heteroatoms. The van der Waals surface area contributed by atoms with E-state index in [-0.39, 0.29) is 6.54 Å². The Kier molecular flexibility index (Phi) is 7.77. The highest BCUT2D eigenvalue weighted by atomic mass is 16.5. The summed E-state index contributed by atoms with van der Waals surface area (Å²) in [4.78, 5) is 39.7. The van der Waals surface area contributed by atoms with Gasteiger partial charge in [-0.05, 0) is 44.2 Å². The van der Waals surface area contributed by atoms with Crippen LogP contribution in [0.15, 0.2) is 42.7 Å². The van der Waals surface area contributed by atoms with Crippen LogP contribution >= 0.6 is 0 Å². The van der Waals surface area contributed by atoms with E-state index in [0.29, 0.717) is 35.8 Å². The van der Waals surface area contributed by atoms with Gasteiger partial charge in [-0.15, -0.1) is 0 Å². The molecule has 0 spiro atoms. The van der Waals surface area contributed by atoms with Crippen molar-refractivity contribution >= 4 is 17.7 Å². The molecule has 0 unspecified atom stereocenters. The number of carbonyl (C=O) groups excluding carboxylic acids is 3. The quantitative estimate of drug-likeness (QED) is 0.584. The number of benzene rings is 1. The van der Waals surface area contributed by atoms with Gasteiger partial charge < -0.3 is 14.8 Å². The molecule has 1 heterocycles. The van der Waals surface area contributed by atoms with Gasteiger partial charge in [-0.2, -0.15) is 0 Å². The van der Waals surface area contributed by atoms with Crippen molar-refractivity contribution < 1.29 is 23.9 Å². The summed E-state index contributed by atoms with van der Waals surface area (Å²) in [7, 11) is 0. The Labute approximate surface area is 162 Å². The third-order valence-electron chi connectivity index (χ3n) is 3.45. The Morgan fingerprint density at radius 1 is 0.929 bits per heavy atom. The number of hydrogen-bond donors (Lipinski definition) is 3. The maximum absolute atomic E-state index is 12.3. The minimum atomic E-state index is -0.582. The number of nitrogens with zero attached hydrogens (tertiary/aromatic N) is 1. The van der Waals surface area contributed by atoms with E-state index >= 15 is 0 Å². The monoisotopic (exact) mass is 386 g/mol. The van der Waals surface area contributed by atoms with Crippen LogP contribution < -0.4 is 25.6 Å². The van der Waals surface area contributed by atoms with Crippen LogP contribution in [0.4, 0.5) is 0 Å². The van der Waals surface area contributed by atoms with E-state index in [0.717, 1.165) is 0 Å². The lowest BCUT2D eigenvalue weighted by Gasteiger charge is -2.12. The van der Waals surface area contributed by atoms with Crippen molar-refractivity contribution in [3.8, 4) is 11.5 Å². The lowest BCUT2D eigenvalue weighted by Crippen LogP contribution is -2.46. The summed E-state index contributed by atoms with van der Waals surface area (Å²) in [6.07, 6.45) is 2.90. The first-order chi connectivity index (χ1) is 13.5. The molecule has 0 aliphatic heterocycles. The molecule has 1 aromatic carbocycles. The first-order valence-electron chi connectivity index (χ1n) is 8.72.